The lowest BCUT2D eigenvalue weighted by molar-refractivity contribution is 1.41. The fourth-order valence-corrected chi connectivity index (χ4v) is 1.57. The minimum atomic E-state index is 0.951. The maximum atomic E-state index is 6.82. The number of hydrogen-bond donors (Lipinski definition) is 1. The first-order valence-corrected chi connectivity index (χ1v) is 5.75. The van der Waals surface area contributed by atoms with Gasteiger partial charge in [-0.05, 0) is 17.7 Å². The first-order valence-electron chi connectivity index (χ1n) is 5.75. The van der Waals surface area contributed by atoms with E-state index in [0.29, 0.717) is 0 Å². The van der Waals surface area contributed by atoms with Gasteiger partial charge in [-0.3, -0.25) is 4.98 Å². The zero-order chi connectivity index (χ0) is 12.6. The largest absolute Gasteiger partial charge is 0.308 e. The van der Waals surface area contributed by atoms with Crippen LogP contribution in [-0.4, -0.2) is 11.2 Å². The fourth-order valence-electron chi connectivity index (χ4n) is 1.57. The predicted molar refractivity (Wildman–Crippen MR) is 76.1 cm³/mol. The summed E-state index contributed by atoms with van der Waals surface area (Å²) in [6.45, 7) is 0. The number of fused-ring (bicyclic) bond motifs is 1. The van der Waals surface area contributed by atoms with Gasteiger partial charge in [0.05, 0.1) is 5.52 Å². The predicted octanol–water partition coefficient (Wildman–Crippen LogP) is 3.92. The molecule has 18 heavy (non-hydrogen) atoms. The van der Waals surface area contributed by atoms with Crippen molar-refractivity contribution in [3.8, 4) is 0 Å². The van der Waals surface area contributed by atoms with Gasteiger partial charge in [0, 0.05) is 17.8 Å². The number of rotatable bonds is 1. The van der Waals surface area contributed by atoms with E-state index in [4.69, 9.17) is 5.41 Å². The van der Waals surface area contributed by atoms with Crippen molar-refractivity contribution in [1.82, 2.24) is 4.98 Å². The van der Waals surface area contributed by atoms with Crippen molar-refractivity contribution in [2.75, 3.05) is 0 Å². The molecule has 3 aromatic rings. The average molecular weight is 234 g/mol. The maximum absolute atomic E-state index is 6.82. The van der Waals surface area contributed by atoms with Crippen molar-refractivity contribution < 1.29 is 0 Å². The lowest BCUT2D eigenvalue weighted by Gasteiger charge is -1.91. The van der Waals surface area contributed by atoms with Gasteiger partial charge in [0.1, 0.15) is 0 Å². The quantitative estimate of drug-likeness (QED) is 0.636. The molecule has 0 unspecified atom stereocenters. The molecule has 88 valence electrons. The van der Waals surface area contributed by atoms with Gasteiger partial charge in [0.2, 0.25) is 0 Å². The van der Waals surface area contributed by atoms with Crippen molar-refractivity contribution in [2.45, 2.75) is 0 Å². The standard InChI is InChI=1S/C9H7N.C7H7N/c1-2-6-9-8(4-1)5-3-7-10-9;8-6-7-4-2-1-3-5-7/h1-7H;1-6,8H. The summed E-state index contributed by atoms with van der Waals surface area (Å²) in [5.74, 6) is 0. The van der Waals surface area contributed by atoms with Crippen molar-refractivity contribution >= 4 is 17.1 Å². The van der Waals surface area contributed by atoms with E-state index in [2.05, 4.69) is 17.1 Å². The molecule has 0 amide bonds. The van der Waals surface area contributed by atoms with E-state index >= 15 is 0 Å². The van der Waals surface area contributed by atoms with Gasteiger partial charge in [-0.2, -0.15) is 0 Å². The molecule has 2 aromatic carbocycles. The van der Waals surface area contributed by atoms with Crippen LogP contribution in [0.2, 0.25) is 0 Å². The first-order chi connectivity index (χ1) is 8.90. The second-order valence-corrected chi connectivity index (χ2v) is 3.75. The van der Waals surface area contributed by atoms with E-state index in [1.165, 1.54) is 11.6 Å². The molecule has 0 aliphatic heterocycles. The van der Waals surface area contributed by atoms with Crippen LogP contribution < -0.4 is 0 Å². The smallest absolute Gasteiger partial charge is 0.0701 e. The monoisotopic (exact) mass is 234 g/mol. The van der Waals surface area contributed by atoms with Crippen LogP contribution in [0.4, 0.5) is 0 Å². The third kappa shape index (κ3) is 3.25. The number of nitrogens with zero attached hydrogens (tertiary/aromatic N) is 1. The third-order valence-corrected chi connectivity index (χ3v) is 2.48. The van der Waals surface area contributed by atoms with Crippen LogP contribution in [0.1, 0.15) is 5.56 Å². The highest BCUT2D eigenvalue weighted by Crippen LogP contribution is 2.07. The number of benzene rings is 2. The summed E-state index contributed by atoms with van der Waals surface area (Å²) in [5.41, 5.74) is 2.01. The second-order valence-electron chi connectivity index (χ2n) is 3.75. The summed E-state index contributed by atoms with van der Waals surface area (Å²) in [4.78, 5) is 4.18. The molecule has 1 N–H and O–H groups in total. The summed E-state index contributed by atoms with van der Waals surface area (Å²) >= 11 is 0. The van der Waals surface area contributed by atoms with Crippen molar-refractivity contribution in [2.24, 2.45) is 0 Å². The highest BCUT2D eigenvalue weighted by molar-refractivity contribution is 5.77. The Labute approximate surface area is 106 Å². The van der Waals surface area contributed by atoms with E-state index in [9.17, 15) is 0 Å². The van der Waals surface area contributed by atoms with Crippen molar-refractivity contribution in [1.29, 1.82) is 5.41 Å². The Morgan fingerprint density at radius 2 is 1.44 bits per heavy atom. The summed E-state index contributed by atoms with van der Waals surface area (Å²) in [7, 11) is 0. The highest BCUT2D eigenvalue weighted by Gasteiger charge is 1.86. The zero-order valence-corrected chi connectivity index (χ0v) is 9.95. The summed E-state index contributed by atoms with van der Waals surface area (Å²) in [6, 6.07) is 21.6. The molecule has 2 nitrogen and oxygen atoms in total. The molecule has 0 fully saturated rings. The molecule has 0 saturated carbocycles. The molecular formula is C16H14N2. The highest BCUT2D eigenvalue weighted by atomic mass is 14.6. The average Bonchev–Trinajstić information content (AvgIpc) is 2.49. The SMILES string of the molecule is N=Cc1ccccc1.c1ccc2ncccc2c1. The molecule has 0 saturated heterocycles. The molecule has 0 atom stereocenters. The molecule has 3 rings (SSSR count). The van der Waals surface area contributed by atoms with Crippen LogP contribution in [0, 0.1) is 5.41 Å². The maximum Gasteiger partial charge on any atom is 0.0701 e. The lowest BCUT2D eigenvalue weighted by Crippen LogP contribution is -1.73. The van der Waals surface area contributed by atoms with Gasteiger partial charge in [0.15, 0.2) is 0 Å². The number of aromatic nitrogens is 1. The first kappa shape index (κ1) is 12.0. The second kappa shape index (κ2) is 6.30. The molecular weight excluding hydrogens is 220 g/mol. The molecule has 0 spiro atoms. The number of para-hydroxylation sites is 1. The Morgan fingerprint density at radius 1 is 0.778 bits per heavy atom. The molecule has 2 heteroatoms. The van der Waals surface area contributed by atoms with E-state index in [0.717, 1.165) is 11.1 Å². The Kier molecular flexibility index (Phi) is 4.20. The summed E-state index contributed by atoms with van der Waals surface area (Å²) in [5, 5.41) is 8.02. The van der Waals surface area contributed by atoms with Crippen LogP contribution in [0.3, 0.4) is 0 Å². The van der Waals surface area contributed by atoms with E-state index in [1.54, 1.807) is 0 Å². The minimum absolute atomic E-state index is 0.951. The Hall–Kier alpha value is -2.48. The van der Waals surface area contributed by atoms with Gasteiger partial charge in [-0.25, -0.2) is 0 Å². The lowest BCUT2D eigenvalue weighted by atomic mass is 10.2. The van der Waals surface area contributed by atoms with Gasteiger partial charge in [-0.1, -0.05) is 54.6 Å². The molecule has 0 aliphatic carbocycles. The van der Waals surface area contributed by atoms with Gasteiger partial charge >= 0.3 is 0 Å². The zero-order valence-electron chi connectivity index (χ0n) is 9.95. The van der Waals surface area contributed by atoms with Gasteiger partial charge in [-0.15, -0.1) is 0 Å². The fraction of sp³-hybridized carbons (Fsp3) is 0. The molecule has 1 heterocycles. The minimum Gasteiger partial charge on any atom is -0.308 e. The van der Waals surface area contributed by atoms with Gasteiger partial charge < -0.3 is 5.41 Å². The normalized spacial score (nSPS) is 9.33. The van der Waals surface area contributed by atoms with Gasteiger partial charge in [0.25, 0.3) is 0 Å². The summed E-state index contributed by atoms with van der Waals surface area (Å²) in [6.07, 6.45) is 3.14. The number of hydrogen-bond acceptors (Lipinski definition) is 2. The molecule has 0 aliphatic rings. The van der Waals surface area contributed by atoms with E-state index in [-0.39, 0.29) is 0 Å². The summed E-state index contributed by atoms with van der Waals surface area (Å²) < 4.78 is 0. The van der Waals surface area contributed by atoms with E-state index < -0.39 is 0 Å². The Bertz CT molecular complexity index is 553. The molecule has 1 aromatic heterocycles. The topological polar surface area (TPSA) is 36.7 Å². The Morgan fingerprint density at radius 3 is 2.11 bits per heavy atom. The van der Waals surface area contributed by atoms with Crippen molar-refractivity contribution in [3.63, 3.8) is 0 Å². The Balaban J connectivity index is 0.000000138. The molecule has 0 bridgehead atoms. The van der Waals surface area contributed by atoms with E-state index in [1.807, 2.05) is 60.8 Å². The molecule has 0 radical (unpaired) electrons. The van der Waals surface area contributed by atoms with Crippen molar-refractivity contribution in [3.05, 3.63) is 78.5 Å². The van der Waals surface area contributed by atoms with Crippen LogP contribution in [0.25, 0.3) is 10.9 Å². The van der Waals surface area contributed by atoms with Crippen LogP contribution >= 0.6 is 0 Å². The van der Waals surface area contributed by atoms with Crippen LogP contribution in [0.15, 0.2) is 72.9 Å². The number of nitrogens with one attached hydrogen (secondary N) is 1. The van der Waals surface area contributed by atoms with Crippen LogP contribution in [-0.2, 0) is 0 Å². The third-order valence-electron chi connectivity index (χ3n) is 2.48. The van der Waals surface area contributed by atoms with Crippen LogP contribution in [0.5, 0.6) is 0 Å². The number of pyridine rings is 1.